The highest BCUT2D eigenvalue weighted by atomic mass is 35.5. The average Bonchev–Trinajstić information content (AvgIpc) is 2.61. The number of benzene rings is 2. The van der Waals surface area contributed by atoms with Gasteiger partial charge in [0.25, 0.3) is 0 Å². The highest BCUT2D eigenvalue weighted by Crippen LogP contribution is 2.36. The Morgan fingerprint density at radius 1 is 1.08 bits per heavy atom. The molecule has 1 aromatic heterocycles. The lowest BCUT2D eigenvalue weighted by Crippen LogP contribution is -2.13. The van der Waals surface area contributed by atoms with Crippen LogP contribution in [0.5, 0.6) is 0 Å². The number of halogens is 2. The fraction of sp³-hybridized carbons (Fsp3) is 0.0556. The highest BCUT2D eigenvalue weighted by Gasteiger charge is 2.23. The topological polar surface area (TPSA) is 82.3 Å². The molecular weight excluding hydrogens is 363 g/mol. The SMILES string of the molecule is COC(=O)c1c(N)c(C(=O)c2ccncc2)cc2c(Cl)cc(Cl)cc12. The molecule has 3 aromatic rings. The molecule has 0 bridgehead atoms. The van der Waals surface area contributed by atoms with Gasteiger partial charge in [0.05, 0.1) is 18.4 Å². The van der Waals surface area contributed by atoms with Gasteiger partial charge in [-0.2, -0.15) is 0 Å². The van der Waals surface area contributed by atoms with Crippen LogP contribution in [0.1, 0.15) is 26.3 Å². The van der Waals surface area contributed by atoms with Gasteiger partial charge < -0.3 is 10.5 Å². The number of carbonyl (C=O) groups excluding carboxylic acids is 2. The smallest absolute Gasteiger partial charge is 0.340 e. The number of nitrogen functional groups attached to an aromatic ring is 1. The van der Waals surface area contributed by atoms with Crippen molar-refractivity contribution in [3.8, 4) is 0 Å². The number of pyridine rings is 1. The molecule has 0 spiro atoms. The Hall–Kier alpha value is -2.63. The van der Waals surface area contributed by atoms with Gasteiger partial charge in [-0.05, 0) is 30.3 Å². The number of fused-ring (bicyclic) bond motifs is 1. The molecule has 0 saturated carbocycles. The van der Waals surface area contributed by atoms with Gasteiger partial charge in [0.1, 0.15) is 0 Å². The Labute approximate surface area is 153 Å². The maximum atomic E-state index is 12.8. The average molecular weight is 375 g/mol. The van der Waals surface area contributed by atoms with Crippen LogP contribution >= 0.6 is 23.2 Å². The number of esters is 1. The van der Waals surface area contributed by atoms with E-state index in [4.69, 9.17) is 33.7 Å². The second kappa shape index (κ2) is 6.70. The molecule has 0 atom stereocenters. The number of nitrogens with zero attached hydrogens (tertiary/aromatic N) is 1. The number of hydrogen-bond donors (Lipinski definition) is 1. The zero-order valence-corrected chi connectivity index (χ0v) is 14.6. The highest BCUT2D eigenvalue weighted by molar-refractivity contribution is 6.39. The molecule has 0 saturated heterocycles. The van der Waals surface area contributed by atoms with E-state index in [0.29, 0.717) is 26.4 Å². The van der Waals surface area contributed by atoms with Crippen molar-refractivity contribution in [2.75, 3.05) is 12.8 Å². The van der Waals surface area contributed by atoms with Gasteiger partial charge in [-0.25, -0.2) is 4.79 Å². The maximum absolute atomic E-state index is 12.8. The lowest BCUT2D eigenvalue weighted by molar-refractivity contribution is 0.0604. The molecule has 3 rings (SSSR count). The Morgan fingerprint density at radius 2 is 1.76 bits per heavy atom. The number of hydrogen-bond acceptors (Lipinski definition) is 5. The van der Waals surface area contributed by atoms with Crippen molar-refractivity contribution in [3.05, 3.63) is 69.5 Å². The molecule has 0 fully saturated rings. The second-order valence-electron chi connectivity index (χ2n) is 5.25. The van der Waals surface area contributed by atoms with E-state index in [-0.39, 0.29) is 22.6 Å². The molecule has 7 heteroatoms. The number of ketones is 1. The fourth-order valence-electron chi connectivity index (χ4n) is 2.61. The quantitative estimate of drug-likeness (QED) is 0.423. The van der Waals surface area contributed by atoms with Crippen molar-refractivity contribution >= 4 is 51.4 Å². The van der Waals surface area contributed by atoms with E-state index in [2.05, 4.69) is 4.98 Å². The zero-order chi connectivity index (χ0) is 18.1. The summed E-state index contributed by atoms with van der Waals surface area (Å²) < 4.78 is 4.82. The van der Waals surface area contributed by atoms with E-state index >= 15 is 0 Å². The van der Waals surface area contributed by atoms with Crippen molar-refractivity contribution in [2.45, 2.75) is 0 Å². The van der Waals surface area contributed by atoms with Gasteiger partial charge in [-0.1, -0.05) is 23.2 Å². The number of aromatic nitrogens is 1. The number of anilines is 1. The summed E-state index contributed by atoms with van der Waals surface area (Å²) in [5, 5.41) is 1.55. The maximum Gasteiger partial charge on any atom is 0.340 e. The molecule has 5 nitrogen and oxygen atoms in total. The first-order chi connectivity index (χ1) is 11.9. The second-order valence-corrected chi connectivity index (χ2v) is 6.10. The van der Waals surface area contributed by atoms with Gasteiger partial charge in [-0.15, -0.1) is 0 Å². The first-order valence-electron chi connectivity index (χ1n) is 7.18. The molecule has 0 unspecified atom stereocenters. The van der Waals surface area contributed by atoms with Crippen LogP contribution in [0, 0.1) is 0 Å². The number of ether oxygens (including phenoxy) is 1. The summed E-state index contributed by atoms with van der Waals surface area (Å²) in [4.78, 5) is 29.0. The van der Waals surface area contributed by atoms with Gasteiger partial charge in [0.15, 0.2) is 5.78 Å². The van der Waals surface area contributed by atoms with E-state index in [0.717, 1.165) is 0 Å². The molecule has 0 aliphatic heterocycles. The molecule has 2 aromatic carbocycles. The summed E-state index contributed by atoms with van der Waals surface area (Å²) in [5.41, 5.74) is 6.76. The third kappa shape index (κ3) is 3.04. The van der Waals surface area contributed by atoms with E-state index in [9.17, 15) is 9.59 Å². The summed E-state index contributed by atoms with van der Waals surface area (Å²) in [6.07, 6.45) is 3.00. The third-order valence-corrected chi connectivity index (χ3v) is 4.32. The summed E-state index contributed by atoms with van der Waals surface area (Å²) in [6.45, 7) is 0. The minimum atomic E-state index is -0.676. The summed E-state index contributed by atoms with van der Waals surface area (Å²) in [6, 6.07) is 7.77. The van der Waals surface area contributed by atoms with Crippen molar-refractivity contribution < 1.29 is 14.3 Å². The molecule has 25 heavy (non-hydrogen) atoms. The molecular formula is C18H12Cl2N2O3. The van der Waals surface area contributed by atoms with E-state index in [1.807, 2.05) is 0 Å². The number of rotatable bonds is 3. The number of carbonyl (C=O) groups is 2. The van der Waals surface area contributed by atoms with Crippen LogP contribution in [0.15, 0.2) is 42.7 Å². The van der Waals surface area contributed by atoms with E-state index in [1.54, 1.807) is 24.3 Å². The van der Waals surface area contributed by atoms with Crippen LogP contribution in [0.2, 0.25) is 10.0 Å². The van der Waals surface area contributed by atoms with Crippen LogP contribution in [-0.4, -0.2) is 23.8 Å². The van der Waals surface area contributed by atoms with Crippen molar-refractivity contribution in [1.82, 2.24) is 4.98 Å². The van der Waals surface area contributed by atoms with Crippen LogP contribution in [-0.2, 0) is 4.74 Å². The standard InChI is InChI=1S/C18H12Cl2N2O3/c1-25-18(24)15-12-6-10(19)7-14(20)11(12)8-13(16(15)21)17(23)9-2-4-22-5-3-9/h2-8H,21H2,1H3. The van der Waals surface area contributed by atoms with Gasteiger partial charge >= 0.3 is 5.97 Å². The molecule has 0 radical (unpaired) electrons. The normalized spacial score (nSPS) is 10.7. The fourth-order valence-corrected chi connectivity index (χ4v) is 3.16. The van der Waals surface area contributed by atoms with Crippen molar-refractivity contribution in [1.29, 1.82) is 0 Å². The predicted octanol–water partition coefficient (Wildman–Crippen LogP) is 4.14. The van der Waals surface area contributed by atoms with Crippen LogP contribution < -0.4 is 5.73 Å². The largest absolute Gasteiger partial charge is 0.465 e. The molecule has 126 valence electrons. The van der Waals surface area contributed by atoms with Crippen LogP contribution in [0.3, 0.4) is 0 Å². The summed E-state index contributed by atoms with van der Waals surface area (Å²) in [7, 11) is 1.23. The molecule has 2 N–H and O–H groups in total. The zero-order valence-electron chi connectivity index (χ0n) is 13.0. The van der Waals surface area contributed by atoms with Crippen molar-refractivity contribution in [3.63, 3.8) is 0 Å². The van der Waals surface area contributed by atoms with Gasteiger partial charge in [0, 0.05) is 44.3 Å². The van der Waals surface area contributed by atoms with Crippen molar-refractivity contribution in [2.24, 2.45) is 0 Å². The number of nitrogens with two attached hydrogens (primary N) is 1. The third-order valence-electron chi connectivity index (χ3n) is 3.79. The summed E-state index contributed by atoms with van der Waals surface area (Å²) in [5.74, 6) is -1.02. The monoisotopic (exact) mass is 374 g/mol. The Balaban J connectivity index is 2.36. The lowest BCUT2D eigenvalue weighted by Gasteiger charge is -2.14. The number of methoxy groups -OCH3 is 1. The molecule has 0 amide bonds. The lowest BCUT2D eigenvalue weighted by atomic mass is 9.94. The Bertz CT molecular complexity index is 1000. The minimum Gasteiger partial charge on any atom is -0.465 e. The molecule has 1 heterocycles. The van der Waals surface area contributed by atoms with Crippen LogP contribution in [0.4, 0.5) is 5.69 Å². The first-order valence-corrected chi connectivity index (χ1v) is 7.94. The van der Waals surface area contributed by atoms with Gasteiger partial charge in [-0.3, -0.25) is 9.78 Å². The predicted molar refractivity (Wildman–Crippen MR) is 97.4 cm³/mol. The Morgan fingerprint density at radius 3 is 2.40 bits per heavy atom. The molecule has 0 aliphatic carbocycles. The molecule has 0 aliphatic rings. The van der Waals surface area contributed by atoms with Gasteiger partial charge in [0.2, 0.25) is 0 Å². The minimum absolute atomic E-state index is 0.0134. The van der Waals surface area contributed by atoms with E-state index < -0.39 is 5.97 Å². The Kier molecular flexibility index (Phi) is 4.61. The van der Waals surface area contributed by atoms with Crippen LogP contribution in [0.25, 0.3) is 10.8 Å². The summed E-state index contributed by atoms with van der Waals surface area (Å²) >= 11 is 12.3. The van der Waals surface area contributed by atoms with E-state index in [1.165, 1.54) is 25.6 Å². The first kappa shape index (κ1) is 17.2.